The van der Waals surface area contributed by atoms with Gasteiger partial charge in [-0.05, 0) is 30.2 Å². The minimum absolute atomic E-state index is 0.0784. The van der Waals surface area contributed by atoms with Gasteiger partial charge in [-0.15, -0.1) is 0 Å². The van der Waals surface area contributed by atoms with Gasteiger partial charge in [0.2, 0.25) is 0 Å². The van der Waals surface area contributed by atoms with E-state index in [0.29, 0.717) is 16.9 Å². The van der Waals surface area contributed by atoms with E-state index in [-0.39, 0.29) is 13.0 Å². The normalized spacial score (nSPS) is 12.9. The van der Waals surface area contributed by atoms with Crippen molar-refractivity contribution in [2.24, 2.45) is 5.11 Å². The maximum absolute atomic E-state index is 10.0. The van der Waals surface area contributed by atoms with E-state index in [1.165, 1.54) is 13.2 Å². The standard InChI is InChI=1S/C12H14N4O3/c1-19-11-3-2-8(7-13)6-9(11)12(18)10(17)4-5-15-16-14/h2-3,6,10,12,17-18H,4-5H2,1H3. The average Bonchev–Trinajstić information content (AvgIpc) is 2.45. The van der Waals surface area contributed by atoms with Crippen molar-refractivity contribution in [2.45, 2.75) is 18.6 Å². The Morgan fingerprint density at radius 2 is 2.26 bits per heavy atom. The minimum atomic E-state index is -1.21. The predicted molar refractivity (Wildman–Crippen MR) is 67.3 cm³/mol. The Labute approximate surface area is 110 Å². The van der Waals surface area contributed by atoms with Gasteiger partial charge in [-0.2, -0.15) is 5.26 Å². The number of hydrogen-bond acceptors (Lipinski definition) is 5. The van der Waals surface area contributed by atoms with Crippen LogP contribution in [-0.2, 0) is 0 Å². The molecule has 2 unspecified atom stereocenters. The number of azide groups is 1. The lowest BCUT2D eigenvalue weighted by molar-refractivity contribution is 0.0137. The van der Waals surface area contributed by atoms with Crippen LogP contribution in [0.25, 0.3) is 10.4 Å². The lowest BCUT2D eigenvalue weighted by Crippen LogP contribution is -2.19. The Kier molecular flexibility index (Phi) is 5.64. The van der Waals surface area contributed by atoms with Gasteiger partial charge in [0.25, 0.3) is 0 Å². The van der Waals surface area contributed by atoms with Gasteiger partial charge >= 0.3 is 0 Å². The van der Waals surface area contributed by atoms with Crippen molar-refractivity contribution >= 4 is 0 Å². The largest absolute Gasteiger partial charge is 0.496 e. The topological polar surface area (TPSA) is 122 Å². The zero-order valence-corrected chi connectivity index (χ0v) is 10.4. The molecule has 0 heterocycles. The molecule has 0 aliphatic carbocycles. The Balaban J connectivity index is 2.93. The van der Waals surface area contributed by atoms with Gasteiger partial charge in [0.1, 0.15) is 11.9 Å². The number of benzene rings is 1. The molecule has 0 fully saturated rings. The second-order valence-electron chi connectivity index (χ2n) is 3.82. The van der Waals surface area contributed by atoms with E-state index < -0.39 is 12.2 Å². The number of nitrogens with zero attached hydrogens (tertiary/aromatic N) is 4. The molecule has 1 aromatic carbocycles. The average molecular weight is 262 g/mol. The quantitative estimate of drug-likeness (QED) is 0.459. The molecule has 100 valence electrons. The van der Waals surface area contributed by atoms with Crippen LogP contribution in [0.2, 0.25) is 0 Å². The van der Waals surface area contributed by atoms with Gasteiger partial charge in [-0.1, -0.05) is 5.11 Å². The van der Waals surface area contributed by atoms with Crippen molar-refractivity contribution in [1.82, 2.24) is 0 Å². The fraction of sp³-hybridized carbons (Fsp3) is 0.417. The molecule has 0 saturated heterocycles. The molecule has 19 heavy (non-hydrogen) atoms. The second-order valence-corrected chi connectivity index (χ2v) is 3.82. The first-order chi connectivity index (χ1) is 9.13. The molecule has 0 aromatic heterocycles. The van der Waals surface area contributed by atoms with Crippen LogP contribution in [0.4, 0.5) is 0 Å². The number of nitriles is 1. The zero-order valence-electron chi connectivity index (χ0n) is 10.4. The lowest BCUT2D eigenvalue weighted by atomic mass is 9.99. The van der Waals surface area contributed by atoms with E-state index in [1.54, 1.807) is 12.1 Å². The molecule has 0 bridgehead atoms. The zero-order chi connectivity index (χ0) is 14.3. The van der Waals surface area contributed by atoms with Crippen molar-refractivity contribution in [3.8, 4) is 11.8 Å². The van der Waals surface area contributed by atoms with Crippen molar-refractivity contribution in [1.29, 1.82) is 5.26 Å². The summed E-state index contributed by atoms with van der Waals surface area (Å²) in [4.78, 5) is 2.57. The van der Waals surface area contributed by atoms with Gasteiger partial charge in [0.15, 0.2) is 0 Å². The molecule has 7 nitrogen and oxygen atoms in total. The summed E-state index contributed by atoms with van der Waals surface area (Å²) < 4.78 is 5.08. The van der Waals surface area contributed by atoms with Crippen LogP contribution in [0.5, 0.6) is 5.75 Å². The third kappa shape index (κ3) is 3.86. The van der Waals surface area contributed by atoms with Gasteiger partial charge in [0.05, 0.1) is 24.8 Å². The number of rotatable bonds is 6. The highest BCUT2D eigenvalue weighted by Gasteiger charge is 2.21. The number of methoxy groups -OCH3 is 1. The highest BCUT2D eigenvalue weighted by Crippen LogP contribution is 2.29. The van der Waals surface area contributed by atoms with E-state index in [4.69, 9.17) is 15.5 Å². The lowest BCUT2D eigenvalue weighted by Gasteiger charge is -2.19. The summed E-state index contributed by atoms with van der Waals surface area (Å²) in [6, 6.07) is 6.52. The molecule has 2 atom stereocenters. The highest BCUT2D eigenvalue weighted by atomic mass is 16.5. The van der Waals surface area contributed by atoms with Crippen molar-refractivity contribution < 1.29 is 14.9 Å². The molecular weight excluding hydrogens is 248 g/mol. The van der Waals surface area contributed by atoms with Crippen LogP contribution in [0.15, 0.2) is 23.3 Å². The van der Waals surface area contributed by atoms with Crippen molar-refractivity contribution in [3.05, 3.63) is 39.8 Å². The summed E-state index contributed by atoms with van der Waals surface area (Å²) in [5, 5.41) is 32.0. The Morgan fingerprint density at radius 1 is 1.53 bits per heavy atom. The predicted octanol–water partition coefficient (Wildman–Crippen LogP) is 1.66. The Hall–Kier alpha value is -2.26. The smallest absolute Gasteiger partial charge is 0.124 e. The highest BCUT2D eigenvalue weighted by molar-refractivity contribution is 5.43. The number of ether oxygens (including phenoxy) is 1. The van der Waals surface area contributed by atoms with E-state index in [9.17, 15) is 10.2 Å². The van der Waals surface area contributed by atoms with Crippen LogP contribution in [0.3, 0.4) is 0 Å². The molecular formula is C12H14N4O3. The van der Waals surface area contributed by atoms with Crippen LogP contribution >= 0.6 is 0 Å². The fourth-order valence-corrected chi connectivity index (χ4v) is 1.63. The first-order valence-electron chi connectivity index (χ1n) is 5.59. The van der Waals surface area contributed by atoms with Gasteiger partial charge in [0, 0.05) is 17.0 Å². The molecule has 1 rings (SSSR count). The van der Waals surface area contributed by atoms with Crippen LogP contribution < -0.4 is 4.74 Å². The van der Waals surface area contributed by atoms with Gasteiger partial charge in [-0.3, -0.25) is 0 Å². The van der Waals surface area contributed by atoms with E-state index >= 15 is 0 Å². The van der Waals surface area contributed by atoms with E-state index in [2.05, 4.69) is 10.0 Å². The van der Waals surface area contributed by atoms with Crippen molar-refractivity contribution in [3.63, 3.8) is 0 Å². The molecule has 1 aromatic rings. The molecule has 0 saturated carbocycles. The maximum Gasteiger partial charge on any atom is 0.124 e. The Morgan fingerprint density at radius 3 is 2.84 bits per heavy atom. The van der Waals surface area contributed by atoms with Gasteiger partial charge < -0.3 is 14.9 Å². The van der Waals surface area contributed by atoms with Crippen molar-refractivity contribution in [2.75, 3.05) is 13.7 Å². The van der Waals surface area contributed by atoms with Crippen LogP contribution in [-0.4, -0.2) is 30.0 Å². The summed E-state index contributed by atoms with van der Waals surface area (Å²) in [7, 11) is 1.43. The summed E-state index contributed by atoms with van der Waals surface area (Å²) in [6.45, 7) is 0.0784. The maximum atomic E-state index is 10.0. The number of hydrogen-bond donors (Lipinski definition) is 2. The molecule has 0 amide bonds. The molecule has 0 spiro atoms. The number of aliphatic hydroxyl groups is 2. The number of aliphatic hydroxyl groups excluding tert-OH is 2. The summed E-state index contributed by atoms with van der Waals surface area (Å²) in [5.41, 5.74) is 8.83. The molecule has 0 aliphatic heterocycles. The monoisotopic (exact) mass is 262 g/mol. The SMILES string of the molecule is COc1ccc(C#N)cc1C(O)C(O)CCN=[N+]=[N-]. The second kappa shape index (κ2) is 7.24. The first kappa shape index (κ1) is 14.8. The summed E-state index contributed by atoms with van der Waals surface area (Å²) in [5.74, 6) is 0.384. The van der Waals surface area contributed by atoms with E-state index in [0.717, 1.165) is 0 Å². The molecule has 0 aliphatic rings. The third-order valence-corrected chi connectivity index (χ3v) is 2.63. The molecule has 7 heteroatoms. The molecule has 2 N–H and O–H groups in total. The molecule has 0 radical (unpaired) electrons. The summed E-state index contributed by atoms with van der Waals surface area (Å²) >= 11 is 0. The van der Waals surface area contributed by atoms with Crippen LogP contribution in [0, 0.1) is 11.3 Å². The Bertz CT molecular complexity index is 520. The first-order valence-corrected chi connectivity index (χ1v) is 5.59. The van der Waals surface area contributed by atoms with E-state index in [1.807, 2.05) is 6.07 Å². The minimum Gasteiger partial charge on any atom is -0.496 e. The van der Waals surface area contributed by atoms with Crippen LogP contribution in [0.1, 0.15) is 23.7 Å². The third-order valence-electron chi connectivity index (χ3n) is 2.63. The van der Waals surface area contributed by atoms with Gasteiger partial charge in [-0.25, -0.2) is 0 Å². The fourth-order valence-electron chi connectivity index (χ4n) is 1.63. The summed E-state index contributed by atoms with van der Waals surface area (Å²) in [6.07, 6.45) is -2.20.